The SMILES string of the molecule is CC1CC(C(=O)O)CN(Cc2ccc(OC(C)C)c(Cl)c2)C1. The van der Waals surface area contributed by atoms with E-state index in [1.807, 2.05) is 32.0 Å². The van der Waals surface area contributed by atoms with E-state index in [0.29, 0.717) is 23.2 Å². The molecule has 2 atom stereocenters. The Labute approximate surface area is 137 Å². The topological polar surface area (TPSA) is 49.8 Å². The lowest BCUT2D eigenvalue weighted by Crippen LogP contribution is -2.41. The summed E-state index contributed by atoms with van der Waals surface area (Å²) >= 11 is 6.26. The smallest absolute Gasteiger partial charge is 0.307 e. The lowest BCUT2D eigenvalue weighted by atomic mass is 9.90. The number of carbonyl (C=O) groups is 1. The number of nitrogens with zero attached hydrogens (tertiary/aromatic N) is 1. The molecular formula is C17H24ClNO3. The van der Waals surface area contributed by atoms with Crippen LogP contribution in [0.25, 0.3) is 0 Å². The molecule has 0 radical (unpaired) electrons. The van der Waals surface area contributed by atoms with Gasteiger partial charge in [-0.25, -0.2) is 0 Å². The third-order valence-electron chi connectivity index (χ3n) is 3.85. The maximum absolute atomic E-state index is 11.2. The van der Waals surface area contributed by atoms with Crippen molar-refractivity contribution in [3.8, 4) is 5.75 Å². The van der Waals surface area contributed by atoms with Crippen molar-refractivity contribution in [1.82, 2.24) is 4.90 Å². The number of hydrogen-bond acceptors (Lipinski definition) is 3. The first-order valence-electron chi connectivity index (χ1n) is 7.75. The Morgan fingerprint density at radius 2 is 2.18 bits per heavy atom. The zero-order valence-corrected chi connectivity index (χ0v) is 14.1. The van der Waals surface area contributed by atoms with Gasteiger partial charge >= 0.3 is 5.97 Å². The second kappa shape index (κ2) is 7.34. The van der Waals surface area contributed by atoms with E-state index in [9.17, 15) is 9.90 Å². The van der Waals surface area contributed by atoms with Gasteiger partial charge in [-0.15, -0.1) is 0 Å². The zero-order chi connectivity index (χ0) is 16.3. The molecule has 1 N–H and O–H groups in total. The largest absolute Gasteiger partial charge is 0.489 e. The molecule has 4 nitrogen and oxygen atoms in total. The highest BCUT2D eigenvalue weighted by Gasteiger charge is 2.29. The van der Waals surface area contributed by atoms with E-state index >= 15 is 0 Å². The van der Waals surface area contributed by atoms with Crippen LogP contribution >= 0.6 is 11.6 Å². The molecule has 0 aromatic heterocycles. The highest BCUT2D eigenvalue weighted by Crippen LogP contribution is 2.28. The van der Waals surface area contributed by atoms with Crippen molar-refractivity contribution in [3.05, 3.63) is 28.8 Å². The number of rotatable bonds is 5. The number of benzene rings is 1. The first kappa shape index (κ1) is 17.1. The Bertz CT molecular complexity index is 533. The Kier molecular flexibility index (Phi) is 5.70. The minimum atomic E-state index is -0.699. The van der Waals surface area contributed by atoms with Crippen LogP contribution in [0.15, 0.2) is 18.2 Å². The summed E-state index contributed by atoms with van der Waals surface area (Å²) in [5.74, 6) is 0.114. The first-order valence-corrected chi connectivity index (χ1v) is 8.13. The fourth-order valence-electron chi connectivity index (χ4n) is 3.02. The summed E-state index contributed by atoms with van der Waals surface area (Å²) in [6.07, 6.45) is 0.843. The van der Waals surface area contributed by atoms with E-state index in [4.69, 9.17) is 16.3 Å². The van der Waals surface area contributed by atoms with Gasteiger partial charge in [0.25, 0.3) is 0 Å². The van der Waals surface area contributed by atoms with Gasteiger partial charge in [0.05, 0.1) is 17.0 Å². The van der Waals surface area contributed by atoms with Crippen molar-refractivity contribution >= 4 is 17.6 Å². The van der Waals surface area contributed by atoms with Gasteiger partial charge in [0.15, 0.2) is 0 Å². The van der Waals surface area contributed by atoms with Gasteiger partial charge in [0, 0.05) is 19.6 Å². The Balaban J connectivity index is 2.03. The molecule has 22 heavy (non-hydrogen) atoms. The van der Waals surface area contributed by atoms with E-state index < -0.39 is 5.97 Å². The Morgan fingerprint density at radius 1 is 1.45 bits per heavy atom. The summed E-state index contributed by atoms with van der Waals surface area (Å²) in [7, 11) is 0. The highest BCUT2D eigenvalue weighted by molar-refractivity contribution is 6.32. The predicted molar refractivity (Wildman–Crippen MR) is 87.4 cm³/mol. The molecule has 2 unspecified atom stereocenters. The summed E-state index contributed by atoms with van der Waals surface area (Å²) in [6, 6.07) is 5.80. The Hall–Kier alpha value is -1.26. The van der Waals surface area contributed by atoms with Gasteiger partial charge < -0.3 is 9.84 Å². The number of carboxylic acid groups (broad SMARTS) is 1. The maximum atomic E-state index is 11.2. The molecule has 2 rings (SSSR count). The van der Waals surface area contributed by atoms with Crippen LogP contribution in [0.5, 0.6) is 5.75 Å². The lowest BCUT2D eigenvalue weighted by Gasteiger charge is -2.34. The van der Waals surface area contributed by atoms with Crippen LogP contribution < -0.4 is 4.74 Å². The summed E-state index contributed by atoms with van der Waals surface area (Å²) < 4.78 is 5.63. The number of likely N-dealkylation sites (tertiary alicyclic amines) is 1. The molecule has 1 aromatic rings. The molecule has 1 aromatic carbocycles. The standard InChI is InChI=1S/C17H24ClNO3/c1-11(2)22-16-5-4-13(7-15(16)18)9-19-8-12(3)6-14(10-19)17(20)21/h4-5,7,11-12,14H,6,8-10H2,1-3H3,(H,20,21). The number of halogens is 1. The monoisotopic (exact) mass is 325 g/mol. The fraction of sp³-hybridized carbons (Fsp3) is 0.588. The molecule has 0 amide bonds. The van der Waals surface area contributed by atoms with Crippen molar-refractivity contribution in [1.29, 1.82) is 0 Å². The molecule has 122 valence electrons. The third kappa shape index (κ3) is 4.62. The predicted octanol–water partition coefficient (Wildman–Crippen LogP) is 3.67. The number of aliphatic carboxylic acids is 1. The first-order chi connectivity index (χ1) is 10.3. The van der Waals surface area contributed by atoms with Crippen LogP contribution in [0, 0.1) is 11.8 Å². The van der Waals surface area contributed by atoms with Crippen LogP contribution in [0.4, 0.5) is 0 Å². The molecule has 0 bridgehead atoms. The minimum absolute atomic E-state index is 0.0858. The van der Waals surface area contributed by atoms with Gasteiger partial charge in [-0.1, -0.05) is 24.6 Å². The molecular weight excluding hydrogens is 302 g/mol. The van der Waals surface area contributed by atoms with Gasteiger partial charge in [0.1, 0.15) is 5.75 Å². The quantitative estimate of drug-likeness (QED) is 0.897. The normalized spacial score (nSPS) is 22.8. The van der Waals surface area contributed by atoms with Gasteiger partial charge in [0.2, 0.25) is 0 Å². The zero-order valence-electron chi connectivity index (χ0n) is 13.4. The Morgan fingerprint density at radius 3 is 2.77 bits per heavy atom. The van der Waals surface area contributed by atoms with Crippen LogP contribution in [0.2, 0.25) is 5.02 Å². The summed E-state index contributed by atoms with van der Waals surface area (Å²) in [4.78, 5) is 13.4. The second-order valence-corrected chi connectivity index (χ2v) is 6.91. The molecule has 1 aliphatic rings. The average Bonchev–Trinajstić information content (AvgIpc) is 2.40. The molecule has 0 spiro atoms. The van der Waals surface area contributed by atoms with Crippen molar-refractivity contribution in [3.63, 3.8) is 0 Å². The van der Waals surface area contributed by atoms with Crippen LogP contribution in [0.3, 0.4) is 0 Å². The van der Waals surface area contributed by atoms with E-state index in [-0.39, 0.29) is 12.0 Å². The van der Waals surface area contributed by atoms with Gasteiger partial charge in [-0.3, -0.25) is 9.69 Å². The number of carboxylic acids is 1. The van der Waals surface area contributed by atoms with Crippen molar-refractivity contribution in [2.45, 2.75) is 39.8 Å². The molecule has 1 fully saturated rings. The fourth-order valence-corrected chi connectivity index (χ4v) is 3.27. The van der Waals surface area contributed by atoms with Crippen LogP contribution in [-0.4, -0.2) is 35.2 Å². The molecule has 1 aliphatic heterocycles. The number of hydrogen-bond donors (Lipinski definition) is 1. The van der Waals surface area contributed by atoms with Gasteiger partial charge in [-0.05, 0) is 43.9 Å². The third-order valence-corrected chi connectivity index (χ3v) is 4.15. The van der Waals surface area contributed by atoms with Crippen LogP contribution in [0.1, 0.15) is 32.8 Å². The summed E-state index contributed by atoms with van der Waals surface area (Å²) in [5.41, 5.74) is 1.08. The molecule has 5 heteroatoms. The summed E-state index contributed by atoms with van der Waals surface area (Å²) in [5, 5.41) is 9.84. The van der Waals surface area contributed by atoms with E-state index in [0.717, 1.165) is 25.1 Å². The van der Waals surface area contributed by atoms with Crippen molar-refractivity contribution in [2.75, 3.05) is 13.1 Å². The van der Waals surface area contributed by atoms with E-state index in [1.165, 1.54) is 0 Å². The highest BCUT2D eigenvalue weighted by atomic mass is 35.5. The second-order valence-electron chi connectivity index (χ2n) is 6.50. The molecule has 1 heterocycles. The molecule has 1 saturated heterocycles. The average molecular weight is 326 g/mol. The van der Waals surface area contributed by atoms with E-state index in [1.54, 1.807) is 0 Å². The maximum Gasteiger partial charge on any atom is 0.307 e. The molecule has 0 saturated carbocycles. The van der Waals surface area contributed by atoms with Crippen molar-refractivity contribution < 1.29 is 14.6 Å². The van der Waals surface area contributed by atoms with E-state index in [2.05, 4.69) is 11.8 Å². The lowest BCUT2D eigenvalue weighted by molar-refractivity contribution is -0.144. The van der Waals surface area contributed by atoms with Crippen molar-refractivity contribution in [2.24, 2.45) is 11.8 Å². The summed E-state index contributed by atoms with van der Waals surface area (Å²) in [6.45, 7) is 8.27. The molecule has 0 aliphatic carbocycles. The van der Waals surface area contributed by atoms with Gasteiger partial charge in [-0.2, -0.15) is 0 Å². The van der Waals surface area contributed by atoms with Crippen LogP contribution in [-0.2, 0) is 11.3 Å². The number of piperidine rings is 1. The number of ether oxygens (including phenoxy) is 1. The minimum Gasteiger partial charge on any atom is -0.489 e.